The number of nitrogens with zero attached hydrogens (tertiary/aromatic N) is 1. The number of urea groups is 1. The van der Waals surface area contributed by atoms with Crippen molar-refractivity contribution >= 4 is 33.7 Å². The molecule has 3 rings (SSSR count). The van der Waals surface area contributed by atoms with Crippen LogP contribution in [-0.2, 0) is 24.3 Å². The summed E-state index contributed by atoms with van der Waals surface area (Å²) in [6.07, 6.45) is 0. The van der Waals surface area contributed by atoms with Gasteiger partial charge in [0.2, 0.25) is 0 Å². The highest BCUT2D eigenvalue weighted by Gasteiger charge is 2.29. The maximum absolute atomic E-state index is 13.2. The lowest BCUT2D eigenvalue weighted by Crippen LogP contribution is -2.45. The molecule has 174 valence electrons. The number of esters is 2. The van der Waals surface area contributed by atoms with Gasteiger partial charge < -0.3 is 20.1 Å². The van der Waals surface area contributed by atoms with Crippen LogP contribution >= 0.6 is 0 Å². The van der Waals surface area contributed by atoms with Crippen molar-refractivity contribution in [2.45, 2.75) is 11.8 Å². The first-order chi connectivity index (χ1) is 15.8. The highest BCUT2D eigenvalue weighted by molar-refractivity contribution is 7.92. The van der Waals surface area contributed by atoms with Gasteiger partial charge in [-0.05, 0) is 31.2 Å². The molecule has 0 aliphatic carbocycles. The van der Waals surface area contributed by atoms with Crippen LogP contribution in [0, 0.1) is 0 Å². The van der Waals surface area contributed by atoms with Crippen LogP contribution in [0.25, 0.3) is 0 Å². The molecule has 0 aromatic heterocycles. The predicted molar refractivity (Wildman–Crippen MR) is 119 cm³/mol. The Balaban J connectivity index is 1.86. The Morgan fingerprint density at radius 3 is 2.36 bits per heavy atom. The number of anilines is 1. The number of hydrogen-bond donors (Lipinski definition) is 2. The van der Waals surface area contributed by atoms with Gasteiger partial charge in [-0.2, -0.15) is 0 Å². The third-order valence-corrected chi connectivity index (χ3v) is 6.63. The lowest BCUT2D eigenvalue weighted by Gasteiger charge is -2.22. The van der Waals surface area contributed by atoms with E-state index in [1.807, 2.05) is 0 Å². The molecule has 2 amide bonds. The quantitative estimate of drug-likeness (QED) is 0.559. The van der Waals surface area contributed by atoms with E-state index in [1.54, 1.807) is 37.3 Å². The van der Waals surface area contributed by atoms with E-state index in [1.165, 1.54) is 31.3 Å². The Labute approximate surface area is 191 Å². The van der Waals surface area contributed by atoms with Gasteiger partial charge >= 0.3 is 18.0 Å². The molecule has 1 aliphatic heterocycles. The molecule has 0 saturated carbocycles. The molecule has 0 unspecified atom stereocenters. The van der Waals surface area contributed by atoms with E-state index in [-0.39, 0.29) is 34.9 Å². The SMILES string of the molecule is CCOC(=O)C1=C(COC(=O)c2ccccc2S(=O)(=O)N(C)c2ccccc2)NC(=O)NC1. The standard InChI is InChI=1S/C22H23N3O7S/c1-3-31-21(27)17-13-23-22(28)24-18(17)14-32-20(26)16-11-7-8-12-19(16)33(29,30)25(2)15-9-5-4-6-10-15/h4-12H,3,13-14H2,1-2H3,(H2,23,24,28). The molecule has 2 aromatic carbocycles. The van der Waals surface area contributed by atoms with Gasteiger partial charge in [0.25, 0.3) is 10.0 Å². The van der Waals surface area contributed by atoms with E-state index >= 15 is 0 Å². The summed E-state index contributed by atoms with van der Waals surface area (Å²) in [4.78, 5) is 36.4. The van der Waals surface area contributed by atoms with Crippen molar-refractivity contribution in [3.8, 4) is 0 Å². The van der Waals surface area contributed by atoms with Crippen LogP contribution in [0.15, 0.2) is 70.8 Å². The van der Waals surface area contributed by atoms with Crippen LogP contribution in [0.4, 0.5) is 10.5 Å². The van der Waals surface area contributed by atoms with E-state index in [2.05, 4.69) is 10.6 Å². The topological polar surface area (TPSA) is 131 Å². The molecule has 2 N–H and O–H groups in total. The Kier molecular flexibility index (Phi) is 7.34. The molecule has 0 atom stereocenters. The molecule has 0 fully saturated rings. The average molecular weight is 474 g/mol. The minimum Gasteiger partial charge on any atom is -0.463 e. The number of para-hydroxylation sites is 1. The molecular formula is C22H23N3O7S. The van der Waals surface area contributed by atoms with Crippen LogP contribution in [-0.4, -0.2) is 53.2 Å². The normalized spacial score (nSPS) is 13.6. The minimum absolute atomic E-state index is 0.0623. The average Bonchev–Trinajstić information content (AvgIpc) is 2.82. The lowest BCUT2D eigenvalue weighted by molar-refractivity contribution is -0.138. The summed E-state index contributed by atoms with van der Waals surface area (Å²) in [6.45, 7) is 1.22. The number of rotatable bonds is 8. The van der Waals surface area contributed by atoms with E-state index < -0.39 is 34.6 Å². The second-order valence-corrected chi connectivity index (χ2v) is 8.80. The third kappa shape index (κ3) is 5.32. The molecule has 2 aromatic rings. The summed E-state index contributed by atoms with van der Waals surface area (Å²) < 4.78 is 37.7. The highest BCUT2D eigenvalue weighted by Crippen LogP contribution is 2.25. The first kappa shape index (κ1) is 23.8. The Morgan fingerprint density at radius 1 is 1.00 bits per heavy atom. The van der Waals surface area contributed by atoms with Crippen LogP contribution < -0.4 is 14.9 Å². The van der Waals surface area contributed by atoms with Gasteiger partial charge in [0.05, 0.1) is 35.7 Å². The molecule has 1 heterocycles. The fourth-order valence-corrected chi connectivity index (χ4v) is 4.44. The predicted octanol–water partition coefficient (Wildman–Crippen LogP) is 1.80. The number of sulfonamides is 1. The van der Waals surface area contributed by atoms with Crippen molar-refractivity contribution in [3.63, 3.8) is 0 Å². The molecule has 33 heavy (non-hydrogen) atoms. The number of ether oxygens (including phenoxy) is 2. The van der Waals surface area contributed by atoms with Gasteiger partial charge in [-0.1, -0.05) is 30.3 Å². The minimum atomic E-state index is -4.08. The molecule has 0 saturated heterocycles. The van der Waals surface area contributed by atoms with Crippen molar-refractivity contribution in [1.29, 1.82) is 0 Å². The first-order valence-electron chi connectivity index (χ1n) is 9.99. The van der Waals surface area contributed by atoms with Crippen molar-refractivity contribution in [2.75, 3.05) is 31.1 Å². The van der Waals surface area contributed by atoms with Crippen molar-refractivity contribution in [2.24, 2.45) is 0 Å². The largest absolute Gasteiger partial charge is 0.463 e. The maximum atomic E-state index is 13.2. The first-order valence-corrected chi connectivity index (χ1v) is 11.4. The van der Waals surface area contributed by atoms with Gasteiger partial charge in [-0.25, -0.2) is 22.8 Å². The summed E-state index contributed by atoms with van der Waals surface area (Å²) >= 11 is 0. The number of hydrogen-bond acceptors (Lipinski definition) is 7. The van der Waals surface area contributed by atoms with Gasteiger partial charge in [0.15, 0.2) is 0 Å². The van der Waals surface area contributed by atoms with E-state index in [0.29, 0.717) is 5.69 Å². The summed E-state index contributed by atoms with van der Waals surface area (Å²) in [6, 6.07) is 13.5. The zero-order chi connectivity index (χ0) is 24.0. The van der Waals surface area contributed by atoms with E-state index in [0.717, 1.165) is 4.31 Å². The summed E-state index contributed by atoms with van der Waals surface area (Å²) in [5, 5.41) is 4.87. The van der Waals surface area contributed by atoms with Gasteiger partial charge in [-0.3, -0.25) is 4.31 Å². The number of amides is 2. The zero-order valence-electron chi connectivity index (χ0n) is 18.0. The van der Waals surface area contributed by atoms with E-state index in [4.69, 9.17) is 9.47 Å². The molecule has 0 spiro atoms. The summed E-state index contributed by atoms with van der Waals surface area (Å²) in [7, 11) is -2.70. The van der Waals surface area contributed by atoms with Crippen molar-refractivity contribution in [3.05, 3.63) is 71.4 Å². The molecule has 11 heteroatoms. The summed E-state index contributed by atoms with van der Waals surface area (Å²) in [5.41, 5.74) is 0.405. The van der Waals surface area contributed by atoms with Crippen LogP contribution in [0.3, 0.4) is 0 Å². The van der Waals surface area contributed by atoms with Crippen LogP contribution in [0.1, 0.15) is 17.3 Å². The molecule has 0 bridgehead atoms. The zero-order valence-corrected chi connectivity index (χ0v) is 18.8. The fraction of sp³-hybridized carbons (Fsp3) is 0.227. The fourth-order valence-electron chi connectivity index (χ4n) is 3.07. The van der Waals surface area contributed by atoms with Crippen molar-refractivity contribution in [1.82, 2.24) is 10.6 Å². The van der Waals surface area contributed by atoms with E-state index in [9.17, 15) is 22.8 Å². The number of benzene rings is 2. The molecule has 10 nitrogen and oxygen atoms in total. The van der Waals surface area contributed by atoms with Gasteiger partial charge in [-0.15, -0.1) is 0 Å². The van der Waals surface area contributed by atoms with Crippen LogP contribution in [0.2, 0.25) is 0 Å². The second-order valence-electron chi connectivity index (χ2n) is 6.87. The Bertz CT molecular complexity index is 1190. The monoisotopic (exact) mass is 473 g/mol. The number of carbonyl (C=O) groups excluding carboxylic acids is 3. The lowest BCUT2D eigenvalue weighted by atomic mass is 10.1. The molecule has 1 aliphatic rings. The highest BCUT2D eigenvalue weighted by atomic mass is 32.2. The second kappa shape index (κ2) is 10.2. The number of nitrogens with one attached hydrogen (secondary N) is 2. The van der Waals surface area contributed by atoms with Gasteiger partial charge in [0, 0.05) is 7.05 Å². The number of carbonyl (C=O) groups is 3. The smallest absolute Gasteiger partial charge is 0.339 e. The molecular weight excluding hydrogens is 450 g/mol. The Morgan fingerprint density at radius 2 is 1.67 bits per heavy atom. The van der Waals surface area contributed by atoms with Crippen molar-refractivity contribution < 1.29 is 32.3 Å². The summed E-state index contributed by atoms with van der Waals surface area (Å²) in [5.74, 6) is -1.59. The van der Waals surface area contributed by atoms with Crippen LogP contribution in [0.5, 0.6) is 0 Å². The van der Waals surface area contributed by atoms with Gasteiger partial charge in [0.1, 0.15) is 11.5 Å². The Hall–Kier alpha value is -3.86. The molecule has 0 radical (unpaired) electrons. The third-order valence-electron chi connectivity index (χ3n) is 4.79. The maximum Gasteiger partial charge on any atom is 0.339 e.